The maximum absolute atomic E-state index is 13.4. The summed E-state index contributed by atoms with van der Waals surface area (Å²) in [5.41, 5.74) is -0.949. The Morgan fingerprint density at radius 1 is 0.974 bits per heavy atom. The van der Waals surface area contributed by atoms with Gasteiger partial charge in [0, 0.05) is 33.9 Å². The van der Waals surface area contributed by atoms with Gasteiger partial charge in [0.25, 0.3) is 5.91 Å². The summed E-state index contributed by atoms with van der Waals surface area (Å²) in [5.74, 6) is -2.43. The van der Waals surface area contributed by atoms with Crippen LogP contribution in [-0.4, -0.2) is 35.8 Å². The summed E-state index contributed by atoms with van der Waals surface area (Å²) in [5, 5.41) is 3.51. The predicted octanol–water partition coefficient (Wildman–Crippen LogP) is 8.56. The number of amides is 1. The maximum atomic E-state index is 13.4. The number of carbonyl (C=O) groups excluding carboxylic acids is 2. The average Bonchev–Trinajstić information content (AvgIpc) is 3.35. The molecule has 0 aliphatic heterocycles. The van der Waals surface area contributed by atoms with Gasteiger partial charge in [-0.05, 0) is 66.2 Å². The van der Waals surface area contributed by atoms with Gasteiger partial charge in [-0.3, -0.25) is 9.69 Å². The molecule has 2 atom stereocenters. The van der Waals surface area contributed by atoms with E-state index in [4.69, 9.17) is 58.0 Å². The summed E-state index contributed by atoms with van der Waals surface area (Å²) in [7, 11) is 0. The lowest BCUT2D eigenvalue weighted by Crippen LogP contribution is -2.39. The quantitative estimate of drug-likeness (QED) is 0.152. The fourth-order valence-electron chi connectivity index (χ4n) is 4.41. The fraction of sp³-hybridized carbons (Fsp3) is 0.231. The van der Waals surface area contributed by atoms with E-state index in [0.717, 1.165) is 24.3 Å². The summed E-state index contributed by atoms with van der Waals surface area (Å²) in [4.78, 5) is 25.9. The molecule has 1 aliphatic carbocycles. The molecule has 3 aromatic carbocycles. The van der Waals surface area contributed by atoms with Crippen LogP contribution in [0.4, 0.5) is 28.9 Å². The maximum Gasteiger partial charge on any atom is 0.406 e. The Kier molecular flexibility index (Phi) is 8.37. The number of nitrogens with zero attached hydrogens (tertiary/aromatic N) is 1. The molecule has 0 radical (unpaired) electrons. The highest BCUT2D eigenvalue weighted by Crippen LogP contribution is 2.73. The van der Waals surface area contributed by atoms with Crippen molar-refractivity contribution in [2.45, 2.75) is 16.4 Å². The van der Waals surface area contributed by atoms with E-state index in [9.17, 15) is 27.2 Å². The number of hydrogen-bond donors (Lipinski definition) is 1. The number of benzene rings is 3. The smallest absolute Gasteiger partial charge is 0.384 e. The van der Waals surface area contributed by atoms with Crippen molar-refractivity contribution in [3.8, 4) is 0 Å². The molecule has 2 unspecified atom stereocenters. The second-order valence-electron chi connectivity index (χ2n) is 8.95. The number of carbonyl (C=O) groups is 2. The lowest BCUT2D eigenvalue weighted by Gasteiger charge is -2.25. The third kappa shape index (κ3) is 6.10. The fourth-order valence-corrected chi connectivity index (χ4v) is 6.12. The third-order valence-corrected chi connectivity index (χ3v) is 8.25. The van der Waals surface area contributed by atoms with E-state index in [1.807, 2.05) is 0 Å². The van der Waals surface area contributed by atoms with Crippen LogP contribution in [-0.2, 0) is 4.79 Å². The van der Waals surface area contributed by atoms with Crippen molar-refractivity contribution in [3.63, 3.8) is 0 Å². The molecule has 1 fully saturated rings. The van der Waals surface area contributed by atoms with Crippen molar-refractivity contribution in [2.24, 2.45) is 5.41 Å². The molecule has 1 aliphatic rings. The van der Waals surface area contributed by atoms with Gasteiger partial charge in [0.05, 0.1) is 16.0 Å². The molecule has 0 bridgehead atoms. The molecular weight excluding hydrogens is 626 g/mol. The van der Waals surface area contributed by atoms with E-state index in [1.54, 1.807) is 12.1 Å². The monoisotopic (exact) mass is 640 g/mol. The van der Waals surface area contributed by atoms with E-state index in [-0.39, 0.29) is 28.5 Å². The van der Waals surface area contributed by atoms with Gasteiger partial charge in [0.2, 0.25) is 0 Å². The molecule has 4 rings (SSSR count). The number of halogens is 9. The van der Waals surface area contributed by atoms with E-state index >= 15 is 0 Å². The van der Waals surface area contributed by atoms with Crippen LogP contribution in [0.15, 0.2) is 60.7 Å². The van der Waals surface area contributed by atoms with Crippen molar-refractivity contribution in [1.82, 2.24) is 0 Å². The minimum atomic E-state index is -4.75. The SMILES string of the molecule is O=CC1(CNc2ccc(Cl)c(C(=O)N(CC(F)(F)F)c3ccc(F)cc3)c2)C(c2cc(Cl)cc(Cl)c2)C1(Cl)Cl. The predicted molar refractivity (Wildman–Crippen MR) is 146 cm³/mol. The van der Waals surface area contributed by atoms with E-state index < -0.39 is 40.1 Å². The number of aldehydes is 1. The first kappa shape index (κ1) is 29.7. The van der Waals surface area contributed by atoms with Gasteiger partial charge in [-0.2, -0.15) is 13.2 Å². The van der Waals surface area contributed by atoms with Gasteiger partial charge in [0.1, 0.15) is 23.0 Å². The lowest BCUT2D eigenvalue weighted by atomic mass is 10.00. The minimum absolute atomic E-state index is 0.0994. The first-order valence-corrected chi connectivity index (χ1v) is 13.1. The highest BCUT2D eigenvalue weighted by atomic mass is 35.5. The summed E-state index contributed by atoms with van der Waals surface area (Å²) >= 11 is 31.4. The zero-order valence-electron chi connectivity index (χ0n) is 19.5. The zero-order valence-corrected chi connectivity index (χ0v) is 23.3. The van der Waals surface area contributed by atoms with Crippen molar-refractivity contribution in [3.05, 3.63) is 92.7 Å². The molecular formula is C26H17Cl5F4N2O2. The largest absolute Gasteiger partial charge is 0.406 e. The molecule has 1 amide bonds. The Balaban J connectivity index is 1.61. The van der Waals surface area contributed by atoms with Crippen molar-refractivity contribution in [1.29, 1.82) is 0 Å². The van der Waals surface area contributed by atoms with E-state index in [1.165, 1.54) is 24.3 Å². The number of anilines is 2. The van der Waals surface area contributed by atoms with Crippen molar-refractivity contribution in [2.75, 3.05) is 23.3 Å². The second kappa shape index (κ2) is 11.0. The van der Waals surface area contributed by atoms with Gasteiger partial charge in [-0.25, -0.2) is 4.39 Å². The van der Waals surface area contributed by atoms with Crippen molar-refractivity contribution >= 4 is 81.6 Å². The minimum Gasteiger partial charge on any atom is -0.384 e. The third-order valence-electron chi connectivity index (χ3n) is 6.35. The summed E-state index contributed by atoms with van der Waals surface area (Å²) < 4.78 is 51.8. The molecule has 0 aromatic heterocycles. The number of nitrogens with one attached hydrogen (secondary N) is 1. The lowest BCUT2D eigenvalue weighted by molar-refractivity contribution is -0.118. The normalized spacial score (nSPS) is 19.9. The Morgan fingerprint density at radius 3 is 2.15 bits per heavy atom. The van der Waals surface area contributed by atoms with Crippen LogP contribution >= 0.6 is 58.0 Å². The summed E-state index contributed by atoms with van der Waals surface area (Å²) in [6, 6.07) is 12.7. The molecule has 206 valence electrons. The first-order valence-electron chi connectivity index (χ1n) is 11.2. The van der Waals surface area contributed by atoms with Gasteiger partial charge in [-0.15, -0.1) is 0 Å². The van der Waals surface area contributed by atoms with Gasteiger partial charge >= 0.3 is 6.18 Å². The molecule has 13 heteroatoms. The first-order chi connectivity index (χ1) is 18.2. The van der Waals surface area contributed by atoms with Gasteiger partial charge < -0.3 is 10.1 Å². The molecule has 4 nitrogen and oxygen atoms in total. The zero-order chi connectivity index (χ0) is 28.8. The van der Waals surface area contributed by atoms with Crippen molar-refractivity contribution < 1.29 is 27.2 Å². The highest BCUT2D eigenvalue weighted by molar-refractivity contribution is 6.54. The Morgan fingerprint density at radius 2 is 1.59 bits per heavy atom. The standard InChI is InChI=1S/C26H17Cl5F4N2O2/c27-15-7-14(8-16(28)9-15)22-24(13-38,26(22,30)31)11-36-18-3-6-21(29)20(10-18)23(39)37(12-25(33,34)35)19-4-1-17(32)2-5-19/h1-10,13,22,36H,11-12H2. The molecule has 1 N–H and O–H groups in total. The molecule has 0 spiro atoms. The molecule has 0 heterocycles. The molecule has 3 aromatic rings. The Bertz CT molecular complexity index is 1400. The van der Waals surface area contributed by atoms with Crippen LogP contribution in [0, 0.1) is 11.2 Å². The topological polar surface area (TPSA) is 49.4 Å². The van der Waals surface area contributed by atoms with Crippen LogP contribution < -0.4 is 10.2 Å². The van der Waals surface area contributed by atoms with Crippen LogP contribution in [0.2, 0.25) is 15.1 Å². The summed E-state index contributed by atoms with van der Waals surface area (Å²) in [6.07, 6.45) is -4.14. The summed E-state index contributed by atoms with van der Waals surface area (Å²) in [6.45, 7) is -1.73. The van der Waals surface area contributed by atoms with Gasteiger partial charge in [-0.1, -0.05) is 58.0 Å². The highest BCUT2D eigenvalue weighted by Gasteiger charge is 2.76. The Hall–Kier alpha value is -2.23. The van der Waals surface area contributed by atoms with E-state index in [0.29, 0.717) is 26.8 Å². The number of alkyl halides is 5. The second-order valence-corrected chi connectivity index (χ2v) is 11.6. The average molecular weight is 643 g/mol. The van der Waals surface area contributed by atoms with Crippen LogP contribution in [0.5, 0.6) is 0 Å². The van der Waals surface area contributed by atoms with Gasteiger partial charge in [0.15, 0.2) is 0 Å². The Labute approximate surface area is 245 Å². The number of rotatable bonds is 8. The van der Waals surface area contributed by atoms with E-state index in [2.05, 4.69) is 5.32 Å². The van der Waals surface area contributed by atoms with Crippen LogP contribution in [0.3, 0.4) is 0 Å². The molecule has 39 heavy (non-hydrogen) atoms. The molecule has 0 saturated heterocycles. The molecule has 1 saturated carbocycles. The van der Waals surface area contributed by atoms with Crippen LogP contribution in [0.1, 0.15) is 21.8 Å². The van der Waals surface area contributed by atoms with Crippen LogP contribution in [0.25, 0.3) is 0 Å². The number of hydrogen-bond acceptors (Lipinski definition) is 3.